The normalized spacial score (nSPS) is 11.4. The summed E-state index contributed by atoms with van der Waals surface area (Å²) in [5, 5.41) is 2.90. The highest BCUT2D eigenvalue weighted by molar-refractivity contribution is 5.95. The van der Waals surface area contributed by atoms with Crippen molar-refractivity contribution in [3.05, 3.63) is 23.8 Å². The summed E-state index contributed by atoms with van der Waals surface area (Å²) in [6, 6.07) is 4.05. The van der Waals surface area contributed by atoms with Crippen molar-refractivity contribution in [2.75, 3.05) is 13.7 Å². The minimum Gasteiger partial charge on any atom is -0.493 e. The highest BCUT2D eigenvalue weighted by atomic mass is 19.3. The Morgan fingerprint density at radius 3 is 2.41 bits per heavy atom. The molecular weight excluding hydrogens is 294 g/mol. The van der Waals surface area contributed by atoms with Gasteiger partial charge in [0.15, 0.2) is 11.5 Å². The van der Waals surface area contributed by atoms with Crippen LogP contribution in [-0.4, -0.2) is 31.7 Å². The number of hydrogen-bond acceptors (Lipinski definition) is 4. The van der Waals surface area contributed by atoms with Crippen molar-refractivity contribution in [1.82, 2.24) is 5.32 Å². The molecule has 0 bridgehead atoms. The third-order valence-electron chi connectivity index (χ3n) is 3.76. The Balaban J connectivity index is 2.99. The second-order valence-corrected chi connectivity index (χ2v) is 4.89. The van der Waals surface area contributed by atoms with Gasteiger partial charge in [-0.1, -0.05) is 13.8 Å². The number of nitrogens with one attached hydrogen (secondary N) is 1. The van der Waals surface area contributed by atoms with Crippen LogP contribution in [0.15, 0.2) is 18.2 Å². The molecule has 0 atom stereocenters. The zero-order valence-electron chi connectivity index (χ0n) is 13.0. The van der Waals surface area contributed by atoms with Crippen molar-refractivity contribution in [3.8, 4) is 11.5 Å². The number of carbonyl (C=O) groups is 1. The lowest BCUT2D eigenvalue weighted by molar-refractivity contribution is -0.0512. The number of amides is 1. The Morgan fingerprint density at radius 1 is 1.32 bits per heavy atom. The molecule has 1 aromatic rings. The van der Waals surface area contributed by atoms with Gasteiger partial charge in [0.1, 0.15) is 0 Å². The number of alkyl halides is 2. The van der Waals surface area contributed by atoms with Crippen LogP contribution in [0.25, 0.3) is 0 Å². The van der Waals surface area contributed by atoms with Crippen LogP contribution >= 0.6 is 0 Å². The first-order valence-corrected chi connectivity index (χ1v) is 7.06. The second kappa shape index (κ2) is 7.93. The molecule has 0 aliphatic carbocycles. The van der Waals surface area contributed by atoms with E-state index in [-0.39, 0.29) is 23.0 Å². The van der Waals surface area contributed by atoms with Crippen molar-refractivity contribution in [2.45, 2.75) is 38.8 Å². The van der Waals surface area contributed by atoms with Crippen molar-refractivity contribution in [1.29, 1.82) is 0 Å². The van der Waals surface area contributed by atoms with Crippen LogP contribution in [0.4, 0.5) is 8.78 Å². The van der Waals surface area contributed by atoms with E-state index in [0.717, 1.165) is 0 Å². The third-order valence-corrected chi connectivity index (χ3v) is 3.76. The molecule has 1 amide bonds. The van der Waals surface area contributed by atoms with E-state index >= 15 is 0 Å². The number of benzene rings is 1. The minimum atomic E-state index is -2.96. The van der Waals surface area contributed by atoms with E-state index in [1.807, 2.05) is 13.8 Å². The van der Waals surface area contributed by atoms with Crippen LogP contribution in [0.5, 0.6) is 11.5 Å². The smallest absolute Gasteiger partial charge is 0.387 e. The van der Waals surface area contributed by atoms with Gasteiger partial charge in [0.2, 0.25) is 0 Å². The molecule has 0 saturated carbocycles. The van der Waals surface area contributed by atoms with Crippen LogP contribution < -0.4 is 20.5 Å². The fourth-order valence-corrected chi connectivity index (χ4v) is 2.08. The molecule has 0 radical (unpaired) electrons. The molecule has 124 valence electrons. The quantitative estimate of drug-likeness (QED) is 0.773. The van der Waals surface area contributed by atoms with Gasteiger partial charge in [-0.2, -0.15) is 8.78 Å². The van der Waals surface area contributed by atoms with Gasteiger partial charge in [-0.25, -0.2) is 0 Å². The molecule has 0 fully saturated rings. The van der Waals surface area contributed by atoms with Gasteiger partial charge >= 0.3 is 6.61 Å². The molecule has 7 heteroatoms. The first-order chi connectivity index (χ1) is 10.4. The zero-order valence-corrected chi connectivity index (χ0v) is 13.0. The van der Waals surface area contributed by atoms with Crippen LogP contribution in [0.2, 0.25) is 0 Å². The average molecular weight is 316 g/mol. The molecule has 0 unspecified atom stereocenters. The van der Waals surface area contributed by atoms with E-state index in [2.05, 4.69) is 10.1 Å². The molecule has 1 aromatic carbocycles. The van der Waals surface area contributed by atoms with Gasteiger partial charge in [-0.15, -0.1) is 0 Å². The summed E-state index contributed by atoms with van der Waals surface area (Å²) < 4.78 is 33.9. The topological polar surface area (TPSA) is 73.6 Å². The Morgan fingerprint density at radius 2 is 1.95 bits per heavy atom. The zero-order chi connectivity index (χ0) is 16.8. The number of carbonyl (C=O) groups excluding carboxylic acids is 1. The van der Waals surface area contributed by atoms with Crippen LogP contribution in [-0.2, 0) is 0 Å². The number of rotatable bonds is 8. The van der Waals surface area contributed by atoms with Crippen molar-refractivity contribution >= 4 is 5.91 Å². The molecule has 0 saturated heterocycles. The Kier molecular flexibility index (Phi) is 6.55. The van der Waals surface area contributed by atoms with E-state index in [9.17, 15) is 13.6 Å². The fraction of sp³-hybridized carbons (Fsp3) is 0.533. The lowest BCUT2D eigenvalue weighted by Crippen LogP contribution is -2.52. The van der Waals surface area contributed by atoms with E-state index in [4.69, 9.17) is 10.5 Å². The van der Waals surface area contributed by atoms with Crippen LogP contribution in [0.3, 0.4) is 0 Å². The lowest BCUT2D eigenvalue weighted by atomic mass is 9.92. The fourth-order valence-electron chi connectivity index (χ4n) is 2.08. The monoisotopic (exact) mass is 316 g/mol. The van der Waals surface area contributed by atoms with Crippen molar-refractivity contribution in [3.63, 3.8) is 0 Å². The van der Waals surface area contributed by atoms with Gasteiger partial charge < -0.3 is 20.5 Å². The molecule has 0 heterocycles. The van der Waals surface area contributed by atoms with Gasteiger partial charge in [0.25, 0.3) is 5.91 Å². The van der Waals surface area contributed by atoms with E-state index in [1.54, 1.807) is 0 Å². The predicted octanol–water partition coefficient (Wildman–Crippen LogP) is 2.54. The summed E-state index contributed by atoms with van der Waals surface area (Å²) in [5.74, 6) is -0.388. The van der Waals surface area contributed by atoms with Crippen molar-refractivity contribution < 1.29 is 23.0 Å². The summed E-state index contributed by atoms with van der Waals surface area (Å²) in [6.45, 7) is 1.24. The lowest BCUT2D eigenvalue weighted by Gasteiger charge is -2.31. The summed E-state index contributed by atoms with van der Waals surface area (Å²) >= 11 is 0. The largest absolute Gasteiger partial charge is 0.493 e. The molecule has 0 aliphatic heterocycles. The standard InChI is InChI=1S/C15H22F2N2O3/c1-4-15(5-2,9-18)19-13(20)10-6-7-11(22-14(16)17)12(8-10)21-3/h6-8,14H,4-5,9,18H2,1-3H3,(H,19,20). The third kappa shape index (κ3) is 4.30. The number of methoxy groups -OCH3 is 1. The number of hydrogen-bond donors (Lipinski definition) is 2. The van der Waals surface area contributed by atoms with Crippen LogP contribution in [0, 0.1) is 0 Å². The molecule has 22 heavy (non-hydrogen) atoms. The maximum Gasteiger partial charge on any atom is 0.387 e. The van der Waals surface area contributed by atoms with E-state index in [1.165, 1.54) is 25.3 Å². The maximum atomic E-state index is 12.3. The second-order valence-electron chi connectivity index (χ2n) is 4.89. The van der Waals surface area contributed by atoms with E-state index < -0.39 is 12.2 Å². The molecule has 0 aromatic heterocycles. The van der Waals surface area contributed by atoms with Gasteiger partial charge in [0, 0.05) is 12.1 Å². The molecular formula is C15H22F2N2O3. The Hall–Kier alpha value is -1.89. The summed E-state index contributed by atoms with van der Waals surface area (Å²) in [4.78, 5) is 12.3. The summed E-state index contributed by atoms with van der Waals surface area (Å²) in [5.41, 5.74) is 5.55. The molecule has 0 spiro atoms. The average Bonchev–Trinajstić information content (AvgIpc) is 2.52. The maximum absolute atomic E-state index is 12.3. The first-order valence-electron chi connectivity index (χ1n) is 7.06. The first kappa shape index (κ1) is 18.2. The number of halogens is 2. The van der Waals surface area contributed by atoms with Crippen molar-refractivity contribution in [2.24, 2.45) is 5.73 Å². The van der Waals surface area contributed by atoms with Gasteiger partial charge in [-0.3, -0.25) is 4.79 Å². The SMILES string of the molecule is CCC(CC)(CN)NC(=O)c1ccc(OC(F)F)c(OC)c1. The number of ether oxygens (including phenoxy) is 2. The molecule has 0 aliphatic rings. The Bertz CT molecular complexity index is 497. The minimum absolute atomic E-state index is 0.0688. The van der Waals surface area contributed by atoms with Gasteiger partial charge in [0.05, 0.1) is 12.6 Å². The molecule has 5 nitrogen and oxygen atoms in total. The highest BCUT2D eigenvalue weighted by Crippen LogP contribution is 2.29. The van der Waals surface area contributed by atoms with E-state index in [0.29, 0.717) is 19.4 Å². The van der Waals surface area contributed by atoms with Crippen LogP contribution in [0.1, 0.15) is 37.0 Å². The summed E-state index contributed by atoms with van der Waals surface area (Å²) in [6.07, 6.45) is 1.38. The predicted molar refractivity (Wildman–Crippen MR) is 79.5 cm³/mol. The summed E-state index contributed by atoms with van der Waals surface area (Å²) in [7, 11) is 1.32. The Labute approximate surface area is 128 Å². The number of nitrogens with two attached hydrogens (primary N) is 1. The highest BCUT2D eigenvalue weighted by Gasteiger charge is 2.27. The molecule has 3 N–H and O–H groups in total. The van der Waals surface area contributed by atoms with Gasteiger partial charge in [-0.05, 0) is 31.0 Å². The molecule has 1 rings (SSSR count).